The van der Waals surface area contributed by atoms with E-state index < -0.39 is 5.97 Å². The Kier molecular flexibility index (Phi) is 6.36. The molecule has 0 aliphatic carbocycles. The summed E-state index contributed by atoms with van der Waals surface area (Å²) in [5.41, 5.74) is 2.70. The molecular formula is C20H26N4O3. The Labute approximate surface area is 159 Å². The van der Waals surface area contributed by atoms with Crippen LogP contribution in [-0.2, 0) is 11.3 Å². The van der Waals surface area contributed by atoms with Crippen molar-refractivity contribution in [3.8, 4) is 17.0 Å². The van der Waals surface area contributed by atoms with Crippen LogP contribution in [0.15, 0.2) is 36.8 Å². The number of carboxylic acid groups (broad SMARTS) is 1. The van der Waals surface area contributed by atoms with Crippen molar-refractivity contribution in [1.82, 2.24) is 19.8 Å². The molecule has 0 amide bonds. The second-order valence-corrected chi connectivity index (χ2v) is 7.09. The van der Waals surface area contributed by atoms with E-state index in [9.17, 15) is 4.79 Å². The molecule has 2 aromatic rings. The number of rotatable bonds is 7. The summed E-state index contributed by atoms with van der Waals surface area (Å²) >= 11 is 0. The quantitative estimate of drug-likeness (QED) is 0.800. The van der Waals surface area contributed by atoms with E-state index in [4.69, 9.17) is 9.84 Å². The van der Waals surface area contributed by atoms with Crippen LogP contribution in [0.25, 0.3) is 11.3 Å². The number of piperidine rings is 1. The molecule has 1 aliphatic heterocycles. The van der Waals surface area contributed by atoms with Crippen molar-refractivity contribution in [3.63, 3.8) is 0 Å². The van der Waals surface area contributed by atoms with Crippen LogP contribution in [0.1, 0.15) is 18.4 Å². The number of ether oxygens (including phenoxy) is 1. The molecule has 1 atom stereocenters. The fourth-order valence-corrected chi connectivity index (χ4v) is 3.43. The highest BCUT2D eigenvalue weighted by molar-refractivity contribution is 5.69. The van der Waals surface area contributed by atoms with Gasteiger partial charge in [0.1, 0.15) is 5.75 Å². The summed E-state index contributed by atoms with van der Waals surface area (Å²) in [5.74, 6) is -0.374. The number of likely N-dealkylation sites (tertiary alicyclic amines) is 1. The van der Waals surface area contributed by atoms with Gasteiger partial charge >= 0.3 is 5.97 Å². The normalized spacial score (nSPS) is 17.8. The number of carbonyl (C=O) groups is 1. The van der Waals surface area contributed by atoms with Gasteiger partial charge in [0.05, 0.1) is 11.9 Å². The van der Waals surface area contributed by atoms with E-state index >= 15 is 0 Å². The number of benzene rings is 1. The maximum atomic E-state index is 10.9. The topological polar surface area (TPSA) is 78.8 Å². The Bertz CT molecular complexity index is 767. The second-order valence-electron chi connectivity index (χ2n) is 7.09. The van der Waals surface area contributed by atoms with Crippen LogP contribution in [0, 0.1) is 0 Å². The van der Waals surface area contributed by atoms with Gasteiger partial charge in [0.2, 0.25) is 0 Å². The van der Waals surface area contributed by atoms with Gasteiger partial charge < -0.3 is 14.7 Å². The first-order valence-electron chi connectivity index (χ1n) is 9.15. The lowest BCUT2D eigenvalue weighted by Gasteiger charge is -2.36. The minimum atomic E-state index is -0.982. The fourth-order valence-electron chi connectivity index (χ4n) is 3.43. The standard InChI is InChI=1S/C20H26N4O3/c1-23(2)17-4-3-9-24(13-17)12-16-10-15(18-11-21-7-8-22-18)5-6-19(16)27-14-20(25)26/h5-8,10-11,17H,3-4,9,12-14H2,1-2H3,(H,25,26)/t17-/m0/s1. The maximum Gasteiger partial charge on any atom is 0.341 e. The van der Waals surface area contributed by atoms with Crippen LogP contribution in [0.3, 0.4) is 0 Å². The predicted octanol–water partition coefficient (Wildman–Crippen LogP) is 2.13. The van der Waals surface area contributed by atoms with E-state index in [0.717, 1.165) is 36.3 Å². The lowest BCUT2D eigenvalue weighted by Crippen LogP contribution is -2.44. The summed E-state index contributed by atoms with van der Waals surface area (Å²) in [4.78, 5) is 24.1. The van der Waals surface area contributed by atoms with Gasteiger partial charge in [-0.1, -0.05) is 0 Å². The number of carboxylic acids is 1. The third-order valence-corrected chi connectivity index (χ3v) is 4.88. The Morgan fingerprint density at radius 3 is 2.93 bits per heavy atom. The number of likely N-dealkylation sites (N-methyl/N-ethyl adjacent to an activating group) is 1. The van der Waals surface area contributed by atoms with Gasteiger partial charge in [0.25, 0.3) is 0 Å². The maximum absolute atomic E-state index is 10.9. The first kappa shape index (κ1) is 19.3. The lowest BCUT2D eigenvalue weighted by atomic mass is 10.0. The van der Waals surface area contributed by atoms with Crippen LogP contribution in [0.4, 0.5) is 0 Å². The van der Waals surface area contributed by atoms with Crippen molar-refractivity contribution in [2.45, 2.75) is 25.4 Å². The average molecular weight is 370 g/mol. The molecule has 1 N–H and O–H groups in total. The molecule has 0 spiro atoms. The average Bonchev–Trinajstić information content (AvgIpc) is 2.67. The third-order valence-electron chi connectivity index (χ3n) is 4.88. The molecule has 7 nitrogen and oxygen atoms in total. The van der Waals surface area contributed by atoms with Crippen molar-refractivity contribution in [3.05, 3.63) is 42.4 Å². The van der Waals surface area contributed by atoms with Crippen LogP contribution in [-0.4, -0.2) is 70.7 Å². The largest absolute Gasteiger partial charge is 0.482 e. The lowest BCUT2D eigenvalue weighted by molar-refractivity contribution is -0.139. The molecule has 1 saturated heterocycles. The van der Waals surface area contributed by atoms with Crippen molar-refractivity contribution in [1.29, 1.82) is 0 Å². The number of nitrogens with zero attached hydrogens (tertiary/aromatic N) is 4. The van der Waals surface area contributed by atoms with E-state index in [0.29, 0.717) is 18.3 Å². The zero-order valence-corrected chi connectivity index (χ0v) is 15.8. The molecule has 2 heterocycles. The SMILES string of the molecule is CN(C)[C@H]1CCCN(Cc2cc(-c3cnccn3)ccc2OCC(=O)O)C1. The predicted molar refractivity (Wildman–Crippen MR) is 103 cm³/mol. The molecule has 1 aromatic heterocycles. The smallest absolute Gasteiger partial charge is 0.341 e. The summed E-state index contributed by atoms with van der Waals surface area (Å²) < 4.78 is 5.53. The molecule has 7 heteroatoms. The van der Waals surface area contributed by atoms with Crippen LogP contribution in [0.5, 0.6) is 5.75 Å². The van der Waals surface area contributed by atoms with Gasteiger partial charge in [-0.2, -0.15) is 0 Å². The van der Waals surface area contributed by atoms with E-state index in [-0.39, 0.29) is 6.61 Å². The number of hydrogen-bond acceptors (Lipinski definition) is 6. The molecule has 1 fully saturated rings. The highest BCUT2D eigenvalue weighted by atomic mass is 16.5. The van der Waals surface area contributed by atoms with Gasteiger partial charge in [0.15, 0.2) is 6.61 Å². The van der Waals surface area contributed by atoms with E-state index in [1.165, 1.54) is 6.42 Å². The molecule has 1 aromatic carbocycles. The van der Waals surface area contributed by atoms with Gasteiger partial charge in [-0.05, 0) is 51.7 Å². The number of aliphatic carboxylic acids is 1. The summed E-state index contributed by atoms with van der Waals surface area (Å²) in [7, 11) is 4.23. The van der Waals surface area contributed by atoms with Crippen LogP contribution < -0.4 is 4.74 Å². The Morgan fingerprint density at radius 1 is 1.37 bits per heavy atom. The first-order chi connectivity index (χ1) is 13.0. The molecule has 0 bridgehead atoms. The van der Waals surface area contributed by atoms with Gasteiger partial charge in [-0.25, -0.2) is 4.79 Å². The molecule has 0 saturated carbocycles. The summed E-state index contributed by atoms with van der Waals surface area (Å²) in [6.07, 6.45) is 7.38. The minimum absolute atomic E-state index is 0.349. The molecular weight excluding hydrogens is 344 g/mol. The van der Waals surface area contributed by atoms with Crippen molar-refractivity contribution in [2.75, 3.05) is 33.8 Å². The Morgan fingerprint density at radius 2 is 2.22 bits per heavy atom. The van der Waals surface area contributed by atoms with Crippen molar-refractivity contribution < 1.29 is 14.6 Å². The van der Waals surface area contributed by atoms with E-state index in [2.05, 4.69) is 33.9 Å². The summed E-state index contributed by atoms with van der Waals surface area (Å²) in [6.45, 7) is 2.38. The molecule has 1 aliphatic rings. The first-order valence-corrected chi connectivity index (χ1v) is 9.15. The second kappa shape index (κ2) is 8.92. The summed E-state index contributed by atoms with van der Waals surface area (Å²) in [6, 6.07) is 6.28. The molecule has 144 valence electrons. The zero-order chi connectivity index (χ0) is 19.2. The van der Waals surface area contributed by atoms with Gasteiger partial charge in [-0.3, -0.25) is 14.9 Å². The van der Waals surface area contributed by atoms with Gasteiger partial charge in [0, 0.05) is 42.7 Å². The molecule has 0 unspecified atom stereocenters. The number of aromatic nitrogens is 2. The highest BCUT2D eigenvalue weighted by Gasteiger charge is 2.22. The minimum Gasteiger partial charge on any atom is -0.482 e. The third kappa shape index (κ3) is 5.24. The zero-order valence-electron chi connectivity index (χ0n) is 15.8. The summed E-state index contributed by atoms with van der Waals surface area (Å²) in [5, 5.41) is 8.96. The Hall–Kier alpha value is -2.51. The monoisotopic (exact) mass is 370 g/mol. The highest BCUT2D eigenvalue weighted by Crippen LogP contribution is 2.28. The molecule has 0 radical (unpaired) electrons. The number of hydrogen-bond donors (Lipinski definition) is 1. The Balaban J connectivity index is 1.84. The molecule has 27 heavy (non-hydrogen) atoms. The fraction of sp³-hybridized carbons (Fsp3) is 0.450. The van der Waals surface area contributed by atoms with Crippen molar-refractivity contribution in [2.24, 2.45) is 0 Å². The molecule has 3 rings (SSSR count). The van der Waals surface area contributed by atoms with Crippen molar-refractivity contribution >= 4 is 5.97 Å². The van der Waals surface area contributed by atoms with Crippen LogP contribution in [0.2, 0.25) is 0 Å². The van der Waals surface area contributed by atoms with E-state index in [1.54, 1.807) is 18.6 Å². The van der Waals surface area contributed by atoms with Gasteiger partial charge in [-0.15, -0.1) is 0 Å². The van der Waals surface area contributed by atoms with E-state index in [1.807, 2.05) is 18.2 Å². The van der Waals surface area contributed by atoms with Crippen LogP contribution >= 0.6 is 0 Å².